The molecule has 2 rings (SSSR count). The van der Waals surface area contributed by atoms with Crippen LogP contribution in [0.4, 0.5) is 15.9 Å². The molecule has 0 fully saturated rings. The Bertz CT molecular complexity index is 685. The Hall–Kier alpha value is -2.15. The number of pyridine rings is 1. The predicted molar refractivity (Wildman–Crippen MR) is 81.0 cm³/mol. The Kier molecular flexibility index (Phi) is 4.74. The molecule has 0 amide bonds. The van der Waals surface area contributed by atoms with Gasteiger partial charge in [-0.05, 0) is 36.8 Å². The second-order valence-electron chi connectivity index (χ2n) is 4.42. The Morgan fingerprint density at radius 3 is 2.43 bits per heavy atom. The average Bonchev–Trinajstić information content (AvgIpc) is 2.48. The minimum atomic E-state index is -3.29. The van der Waals surface area contributed by atoms with Crippen LogP contribution in [0.15, 0.2) is 42.6 Å². The van der Waals surface area contributed by atoms with Crippen LogP contribution in [0.5, 0.6) is 0 Å². The molecule has 1 aromatic heterocycles. The molecule has 0 saturated carbocycles. The van der Waals surface area contributed by atoms with E-state index in [1.807, 2.05) is 0 Å². The zero-order valence-corrected chi connectivity index (χ0v) is 12.3. The molecule has 1 heterocycles. The molecular formula is C14H16FN3O2S. The lowest BCUT2D eigenvalue weighted by atomic mass is 10.2. The second kappa shape index (κ2) is 6.53. The summed E-state index contributed by atoms with van der Waals surface area (Å²) in [4.78, 5) is 4.12. The number of hydrogen-bond acceptors (Lipinski definition) is 4. The number of sulfonamides is 1. The van der Waals surface area contributed by atoms with E-state index in [0.29, 0.717) is 18.1 Å². The van der Waals surface area contributed by atoms with Gasteiger partial charge >= 0.3 is 0 Å². The average molecular weight is 309 g/mol. The van der Waals surface area contributed by atoms with Crippen LogP contribution in [0.25, 0.3) is 0 Å². The van der Waals surface area contributed by atoms with Crippen molar-refractivity contribution in [2.75, 3.05) is 15.8 Å². The monoisotopic (exact) mass is 309 g/mol. The molecule has 0 atom stereocenters. The van der Waals surface area contributed by atoms with E-state index in [-0.39, 0.29) is 11.6 Å². The van der Waals surface area contributed by atoms with Crippen molar-refractivity contribution in [3.05, 3.63) is 54.0 Å². The Labute approximate surface area is 123 Å². The van der Waals surface area contributed by atoms with Crippen molar-refractivity contribution in [1.29, 1.82) is 0 Å². The number of nitrogens with one attached hydrogen (secondary N) is 2. The molecule has 0 aliphatic heterocycles. The van der Waals surface area contributed by atoms with E-state index in [2.05, 4.69) is 15.0 Å². The van der Waals surface area contributed by atoms with Gasteiger partial charge in [-0.3, -0.25) is 4.72 Å². The lowest BCUT2D eigenvalue weighted by molar-refractivity contribution is 0.602. The third-order valence-corrected chi connectivity index (χ3v) is 4.11. The fourth-order valence-corrected chi connectivity index (χ4v) is 2.23. The Morgan fingerprint density at radius 1 is 1.14 bits per heavy atom. The lowest BCUT2D eigenvalue weighted by Gasteiger charge is -2.08. The smallest absolute Gasteiger partial charge is 0.232 e. The highest BCUT2D eigenvalue weighted by molar-refractivity contribution is 7.92. The highest BCUT2D eigenvalue weighted by Gasteiger charge is 2.06. The van der Waals surface area contributed by atoms with Gasteiger partial charge in [-0.1, -0.05) is 12.1 Å². The van der Waals surface area contributed by atoms with Crippen LogP contribution in [-0.4, -0.2) is 19.2 Å². The minimum absolute atomic E-state index is 0.0115. The lowest BCUT2D eigenvalue weighted by Crippen LogP contribution is -2.14. The van der Waals surface area contributed by atoms with Gasteiger partial charge in [0.2, 0.25) is 10.0 Å². The number of benzene rings is 1. The predicted octanol–water partition coefficient (Wildman–Crippen LogP) is 2.59. The molecule has 5 nitrogen and oxygen atoms in total. The van der Waals surface area contributed by atoms with Gasteiger partial charge in [-0.25, -0.2) is 17.8 Å². The number of halogens is 1. The fourth-order valence-electron chi connectivity index (χ4n) is 1.61. The molecule has 0 radical (unpaired) electrons. The van der Waals surface area contributed by atoms with Crippen molar-refractivity contribution < 1.29 is 12.8 Å². The standard InChI is InChI=1S/C14H16FN3O2S/c1-2-21(19,20)18-13-7-8-14(17-10-13)16-9-11-3-5-12(15)6-4-11/h3-8,10,18H,2,9H2,1H3,(H,16,17). The SMILES string of the molecule is CCS(=O)(=O)Nc1ccc(NCc2ccc(F)cc2)nc1. The van der Waals surface area contributed by atoms with Gasteiger partial charge in [-0.2, -0.15) is 0 Å². The van der Waals surface area contributed by atoms with Gasteiger partial charge in [-0.15, -0.1) is 0 Å². The summed E-state index contributed by atoms with van der Waals surface area (Å²) in [5.74, 6) is 0.348. The van der Waals surface area contributed by atoms with Crippen LogP contribution >= 0.6 is 0 Å². The first-order valence-corrected chi connectivity index (χ1v) is 8.08. The molecular weight excluding hydrogens is 293 g/mol. The molecule has 21 heavy (non-hydrogen) atoms. The number of nitrogens with zero attached hydrogens (tertiary/aromatic N) is 1. The first-order chi connectivity index (χ1) is 9.98. The van der Waals surface area contributed by atoms with E-state index >= 15 is 0 Å². The normalized spacial score (nSPS) is 11.1. The molecule has 0 aliphatic rings. The minimum Gasteiger partial charge on any atom is -0.366 e. The zero-order valence-electron chi connectivity index (χ0n) is 11.5. The van der Waals surface area contributed by atoms with E-state index in [4.69, 9.17) is 0 Å². The summed E-state index contributed by atoms with van der Waals surface area (Å²) in [6.07, 6.45) is 1.44. The van der Waals surface area contributed by atoms with E-state index in [1.165, 1.54) is 18.3 Å². The summed E-state index contributed by atoms with van der Waals surface area (Å²) in [6, 6.07) is 9.47. The van der Waals surface area contributed by atoms with Crippen molar-refractivity contribution >= 4 is 21.5 Å². The van der Waals surface area contributed by atoms with Gasteiger partial charge in [0.05, 0.1) is 17.6 Å². The van der Waals surface area contributed by atoms with Crippen LogP contribution in [0.1, 0.15) is 12.5 Å². The van der Waals surface area contributed by atoms with Gasteiger partial charge in [0.1, 0.15) is 11.6 Å². The van der Waals surface area contributed by atoms with Crippen LogP contribution < -0.4 is 10.0 Å². The van der Waals surface area contributed by atoms with Gasteiger partial charge in [0.25, 0.3) is 0 Å². The van der Waals surface area contributed by atoms with E-state index in [0.717, 1.165) is 5.56 Å². The molecule has 0 bridgehead atoms. The van der Waals surface area contributed by atoms with Crippen LogP contribution in [-0.2, 0) is 16.6 Å². The molecule has 2 aromatic rings. The maximum atomic E-state index is 12.8. The number of aromatic nitrogens is 1. The molecule has 0 saturated heterocycles. The number of anilines is 2. The summed E-state index contributed by atoms with van der Waals surface area (Å²) in [5.41, 5.74) is 1.35. The summed E-state index contributed by atoms with van der Waals surface area (Å²) >= 11 is 0. The molecule has 2 N–H and O–H groups in total. The van der Waals surface area contributed by atoms with Gasteiger partial charge < -0.3 is 5.32 Å². The van der Waals surface area contributed by atoms with E-state index < -0.39 is 10.0 Å². The van der Waals surface area contributed by atoms with Crippen LogP contribution in [0.2, 0.25) is 0 Å². The summed E-state index contributed by atoms with van der Waals surface area (Å²) in [7, 11) is -3.29. The van der Waals surface area contributed by atoms with Crippen molar-refractivity contribution in [3.8, 4) is 0 Å². The number of rotatable bonds is 6. The quantitative estimate of drug-likeness (QED) is 0.860. The number of hydrogen-bond donors (Lipinski definition) is 2. The maximum Gasteiger partial charge on any atom is 0.232 e. The third-order valence-electron chi connectivity index (χ3n) is 2.80. The first kappa shape index (κ1) is 15.2. The topological polar surface area (TPSA) is 71.1 Å². The van der Waals surface area contributed by atoms with Gasteiger partial charge in [0.15, 0.2) is 0 Å². The highest BCUT2D eigenvalue weighted by atomic mass is 32.2. The molecule has 0 spiro atoms. The highest BCUT2D eigenvalue weighted by Crippen LogP contribution is 2.12. The van der Waals surface area contributed by atoms with Crippen LogP contribution in [0, 0.1) is 5.82 Å². The molecule has 1 aromatic carbocycles. The zero-order chi connectivity index (χ0) is 15.3. The van der Waals surface area contributed by atoms with Crippen molar-refractivity contribution in [3.63, 3.8) is 0 Å². The molecule has 0 unspecified atom stereocenters. The van der Waals surface area contributed by atoms with Gasteiger partial charge in [0, 0.05) is 6.54 Å². The Balaban J connectivity index is 1.95. The summed E-state index contributed by atoms with van der Waals surface area (Å²) in [5, 5.41) is 3.07. The molecule has 0 aliphatic carbocycles. The van der Waals surface area contributed by atoms with E-state index in [9.17, 15) is 12.8 Å². The molecule has 112 valence electrons. The summed E-state index contributed by atoms with van der Waals surface area (Å²) in [6.45, 7) is 2.07. The molecule has 7 heteroatoms. The van der Waals surface area contributed by atoms with Crippen LogP contribution in [0.3, 0.4) is 0 Å². The largest absolute Gasteiger partial charge is 0.366 e. The van der Waals surface area contributed by atoms with Crippen molar-refractivity contribution in [2.24, 2.45) is 0 Å². The Morgan fingerprint density at radius 2 is 1.86 bits per heavy atom. The third kappa shape index (κ3) is 4.71. The van der Waals surface area contributed by atoms with Crippen molar-refractivity contribution in [1.82, 2.24) is 4.98 Å². The maximum absolute atomic E-state index is 12.8. The van der Waals surface area contributed by atoms with E-state index in [1.54, 1.807) is 31.2 Å². The second-order valence-corrected chi connectivity index (χ2v) is 6.43. The first-order valence-electron chi connectivity index (χ1n) is 6.43. The fraction of sp³-hybridized carbons (Fsp3) is 0.214. The van der Waals surface area contributed by atoms with Crippen molar-refractivity contribution in [2.45, 2.75) is 13.5 Å². The summed E-state index contributed by atoms with van der Waals surface area (Å²) < 4.78 is 38.0.